The maximum atomic E-state index is 12.6. The number of nitrogens with zero attached hydrogens (tertiary/aromatic N) is 4. The van der Waals surface area contributed by atoms with Crippen LogP contribution in [0.3, 0.4) is 0 Å². The van der Waals surface area contributed by atoms with Gasteiger partial charge in [0.25, 0.3) is 5.91 Å². The Morgan fingerprint density at radius 2 is 1.61 bits per heavy atom. The third-order valence-corrected chi connectivity index (χ3v) is 3.84. The van der Waals surface area contributed by atoms with E-state index < -0.39 is 0 Å². The molecule has 23 heavy (non-hydrogen) atoms. The molecule has 0 radical (unpaired) electrons. The van der Waals surface area contributed by atoms with Crippen molar-refractivity contribution in [2.45, 2.75) is 27.3 Å². The highest BCUT2D eigenvalue weighted by Gasteiger charge is 2.17. The summed E-state index contributed by atoms with van der Waals surface area (Å²) in [5, 5.41) is 8.32. The molecule has 0 saturated heterocycles. The van der Waals surface area contributed by atoms with Crippen LogP contribution in [0.25, 0.3) is 0 Å². The van der Waals surface area contributed by atoms with Gasteiger partial charge in [0.2, 0.25) is 0 Å². The molecule has 122 valence electrons. The second kappa shape index (κ2) is 8.27. The standard InChI is InChI=1S/C18H24N4O/c1-4-21(5-2)17-13-12-16(19-20-17)18(23)22(6-3)14-15-10-8-7-9-11-15/h7-13H,4-6,14H2,1-3H3. The molecule has 1 aromatic carbocycles. The van der Waals surface area contributed by atoms with Crippen LogP contribution in [-0.2, 0) is 6.54 Å². The summed E-state index contributed by atoms with van der Waals surface area (Å²) in [5.74, 6) is 0.715. The Hall–Kier alpha value is -2.43. The van der Waals surface area contributed by atoms with Gasteiger partial charge in [-0.25, -0.2) is 0 Å². The lowest BCUT2D eigenvalue weighted by atomic mass is 10.2. The van der Waals surface area contributed by atoms with Gasteiger partial charge in [-0.2, -0.15) is 0 Å². The molecule has 0 spiro atoms. The minimum atomic E-state index is -0.0880. The van der Waals surface area contributed by atoms with Gasteiger partial charge in [-0.15, -0.1) is 10.2 Å². The highest BCUT2D eigenvalue weighted by Crippen LogP contribution is 2.12. The maximum absolute atomic E-state index is 12.6. The third-order valence-electron chi connectivity index (χ3n) is 3.84. The summed E-state index contributed by atoms with van der Waals surface area (Å²) in [6.07, 6.45) is 0. The molecule has 2 aromatic rings. The Morgan fingerprint density at radius 3 is 2.13 bits per heavy atom. The van der Waals surface area contributed by atoms with Crippen LogP contribution in [0, 0.1) is 0 Å². The summed E-state index contributed by atoms with van der Waals surface area (Å²) in [6, 6.07) is 13.6. The zero-order valence-corrected chi connectivity index (χ0v) is 14.1. The molecule has 5 nitrogen and oxygen atoms in total. The first kappa shape index (κ1) is 16.9. The molecular weight excluding hydrogens is 288 g/mol. The fourth-order valence-corrected chi connectivity index (χ4v) is 2.45. The number of hydrogen-bond acceptors (Lipinski definition) is 4. The molecule has 0 unspecified atom stereocenters. The fraction of sp³-hybridized carbons (Fsp3) is 0.389. The summed E-state index contributed by atoms with van der Waals surface area (Å²) in [7, 11) is 0. The van der Waals surface area contributed by atoms with Crippen molar-refractivity contribution in [1.82, 2.24) is 15.1 Å². The van der Waals surface area contributed by atoms with Crippen molar-refractivity contribution in [3.63, 3.8) is 0 Å². The highest BCUT2D eigenvalue weighted by molar-refractivity contribution is 5.92. The van der Waals surface area contributed by atoms with Crippen molar-refractivity contribution >= 4 is 11.7 Å². The monoisotopic (exact) mass is 312 g/mol. The molecule has 0 bridgehead atoms. The fourth-order valence-electron chi connectivity index (χ4n) is 2.45. The number of rotatable bonds is 7. The Bertz CT molecular complexity index is 609. The number of carbonyl (C=O) groups excluding carboxylic acids is 1. The Balaban J connectivity index is 2.11. The topological polar surface area (TPSA) is 49.3 Å². The Morgan fingerprint density at radius 1 is 0.913 bits per heavy atom. The molecule has 0 aliphatic heterocycles. The summed E-state index contributed by atoms with van der Waals surface area (Å²) >= 11 is 0. The number of anilines is 1. The zero-order chi connectivity index (χ0) is 16.7. The lowest BCUT2D eigenvalue weighted by molar-refractivity contribution is 0.0745. The number of aromatic nitrogens is 2. The first-order valence-corrected chi connectivity index (χ1v) is 8.11. The van der Waals surface area contributed by atoms with Gasteiger partial charge in [0.1, 0.15) is 0 Å². The third kappa shape index (κ3) is 4.28. The molecule has 1 heterocycles. The predicted octanol–water partition coefficient (Wildman–Crippen LogP) is 2.99. The predicted molar refractivity (Wildman–Crippen MR) is 92.4 cm³/mol. The smallest absolute Gasteiger partial charge is 0.274 e. The molecule has 0 aliphatic rings. The van der Waals surface area contributed by atoms with E-state index in [4.69, 9.17) is 0 Å². The summed E-state index contributed by atoms with van der Waals surface area (Å²) in [5.41, 5.74) is 1.49. The van der Waals surface area contributed by atoms with E-state index in [0.717, 1.165) is 24.5 Å². The molecule has 1 aromatic heterocycles. The molecule has 2 rings (SSSR count). The molecule has 0 aliphatic carbocycles. The lowest BCUT2D eigenvalue weighted by Crippen LogP contribution is -2.31. The van der Waals surface area contributed by atoms with E-state index in [0.29, 0.717) is 18.8 Å². The number of hydrogen-bond donors (Lipinski definition) is 0. The van der Waals surface area contributed by atoms with E-state index in [2.05, 4.69) is 28.9 Å². The average molecular weight is 312 g/mol. The van der Waals surface area contributed by atoms with Crippen LogP contribution < -0.4 is 4.90 Å². The van der Waals surface area contributed by atoms with Gasteiger partial charge in [-0.1, -0.05) is 30.3 Å². The zero-order valence-electron chi connectivity index (χ0n) is 14.1. The summed E-state index contributed by atoms with van der Waals surface area (Å²) in [6.45, 7) is 9.06. The van der Waals surface area contributed by atoms with Crippen molar-refractivity contribution in [3.05, 3.63) is 53.7 Å². The maximum Gasteiger partial charge on any atom is 0.274 e. The molecule has 1 amide bonds. The van der Waals surface area contributed by atoms with Crippen molar-refractivity contribution in [2.24, 2.45) is 0 Å². The van der Waals surface area contributed by atoms with Gasteiger partial charge in [0.05, 0.1) is 0 Å². The van der Waals surface area contributed by atoms with E-state index in [1.165, 1.54) is 0 Å². The van der Waals surface area contributed by atoms with Crippen molar-refractivity contribution < 1.29 is 4.79 Å². The van der Waals surface area contributed by atoms with Gasteiger partial charge in [0.15, 0.2) is 11.5 Å². The van der Waals surface area contributed by atoms with Crippen LogP contribution in [0.4, 0.5) is 5.82 Å². The normalized spacial score (nSPS) is 10.4. The number of amides is 1. The molecule has 5 heteroatoms. The van der Waals surface area contributed by atoms with Crippen molar-refractivity contribution in [1.29, 1.82) is 0 Å². The number of carbonyl (C=O) groups is 1. The Kier molecular flexibility index (Phi) is 6.09. The average Bonchev–Trinajstić information content (AvgIpc) is 2.61. The van der Waals surface area contributed by atoms with Gasteiger partial charge in [-0.3, -0.25) is 4.79 Å². The van der Waals surface area contributed by atoms with Gasteiger partial charge in [0, 0.05) is 26.2 Å². The minimum absolute atomic E-state index is 0.0880. The summed E-state index contributed by atoms with van der Waals surface area (Å²) < 4.78 is 0. The van der Waals surface area contributed by atoms with Crippen LogP contribution in [0.15, 0.2) is 42.5 Å². The largest absolute Gasteiger partial charge is 0.356 e. The van der Waals surface area contributed by atoms with Gasteiger partial charge >= 0.3 is 0 Å². The quantitative estimate of drug-likeness (QED) is 0.788. The highest BCUT2D eigenvalue weighted by atomic mass is 16.2. The molecule has 0 saturated carbocycles. The van der Waals surface area contributed by atoms with Crippen LogP contribution >= 0.6 is 0 Å². The minimum Gasteiger partial charge on any atom is -0.356 e. The van der Waals surface area contributed by atoms with E-state index in [1.54, 1.807) is 11.0 Å². The first-order chi connectivity index (χ1) is 11.2. The van der Waals surface area contributed by atoms with Gasteiger partial charge < -0.3 is 9.80 Å². The van der Waals surface area contributed by atoms with Gasteiger partial charge in [-0.05, 0) is 38.5 Å². The van der Waals surface area contributed by atoms with E-state index in [9.17, 15) is 4.79 Å². The summed E-state index contributed by atoms with van der Waals surface area (Å²) in [4.78, 5) is 16.5. The van der Waals surface area contributed by atoms with Crippen LogP contribution in [-0.4, -0.2) is 40.6 Å². The van der Waals surface area contributed by atoms with E-state index >= 15 is 0 Å². The molecule has 0 atom stereocenters. The second-order valence-corrected chi connectivity index (χ2v) is 5.25. The van der Waals surface area contributed by atoms with Crippen molar-refractivity contribution in [2.75, 3.05) is 24.5 Å². The second-order valence-electron chi connectivity index (χ2n) is 5.25. The van der Waals surface area contributed by atoms with E-state index in [-0.39, 0.29) is 5.91 Å². The van der Waals surface area contributed by atoms with Crippen molar-refractivity contribution in [3.8, 4) is 0 Å². The SMILES string of the molecule is CCN(Cc1ccccc1)C(=O)c1ccc(N(CC)CC)nn1. The number of benzene rings is 1. The first-order valence-electron chi connectivity index (χ1n) is 8.11. The molecule has 0 fully saturated rings. The van der Waals surface area contributed by atoms with Crippen LogP contribution in [0.5, 0.6) is 0 Å². The Labute approximate surface area is 137 Å². The van der Waals surface area contributed by atoms with E-state index in [1.807, 2.05) is 43.3 Å². The van der Waals surface area contributed by atoms with Crippen LogP contribution in [0.2, 0.25) is 0 Å². The molecule has 0 N–H and O–H groups in total. The lowest BCUT2D eigenvalue weighted by Gasteiger charge is -2.21. The molecular formula is C18H24N4O. The van der Waals surface area contributed by atoms with Crippen LogP contribution in [0.1, 0.15) is 36.8 Å².